The predicted octanol–water partition coefficient (Wildman–Crippen LogP) is 2.85. The van der Waals surface area contributed by atoms with Crippen molar-refractivity contribution in [2.24, 2.45) is 0 Å². The molecule has 1 aliphatic rings. The number of hydrogen-bond donors (Lipinski definition) is 0. The summed E-state index contributed by atoms with van der Waals surface area (Å²) < 4.78 is 53.8. The van der Waals surface area contributed by atoms with Gasteiger partial charge in [0.25, 0.3) is 0 Å². The topological polar surface area (TPSA) is 229 Å². The largest absolute Gasteiger partial charge is 0.493 e. The molecule has 56 heavy (non-hydrogen) atoms. The lowest BCUT2D eigenvalue weighted by Crippen LogP contribution is -2.68. The highest BCUT2D eigenvalue weighted by atomic mass is 16.7. The van der Waals surface area contributed by atoms with Gasteiger partial charge in [0.15, 0.2) is 59.6 Å². The lowest BCUT2D eigenvalue weighted by atomic mass is 9.83. The van der Waals surface area contributed by atoms with Crippen molar-refractivity contribution < 1.29 is 85.7 Å². The first-order chi connectivity index (χ1) is 26.4. The number of esters is 8. The minimum atomic E-state index is -1.88. The van der Waals surface area contributed by atoms with Gasteiger partial charge in [0.05, 0.1) is 14.2 Å². The average Bonchev–Trinajstić information content (AvgIpc) is 3.10. The summed E-state index contributed by atoms with van der Waals surface area (Å²) in [4.78, 5) is 99.3. The van der Waals surface area contributed by atoms with Crippen LogP contribution in [0.1, 0.15) is 52.7 Å². The molecule has 0 unspecified atom stereocenters. The maximum absolute atomic E-state index is 13.4. The molecule has 0 spiro atoms. The van der Waals surface area contributed by atoms with Crippen LogP contribution in [0.25, 0.3) is 12.2 Å². The number of benzene rings is 2. The van der Waals surface area contributed by atoms with Crippen LogP contribution in [0, 0.1) is 0 Å². The van der Waals surface area contributed by atoms with Crippen molar-refractivity contribution in [1.29, 1.82) is 0 Å². The van der Waals surface area contributed by atoms with E-state index in [9.17, 15) is 38.4 Å². The van der Waals surface area contributed by atoms with E-state index in [0.717, 1.165) is 39.8 Å². The van der Waals surface area contributed by atoms with Crippen molar-refractivity contribution in [3.05, 3.63) is 59.7 Å². The highest BCUT2D eigenvalue weighted by Gasteiger charge is 2.60. The van der Waals surface area contributed by atoms with E-state index < -0.39 is 84.4 Å². The second kappa shape index (κ2) is 20.1. The highest BCUT2D eigenvalue weighted by molar-refractivity contribution is 5.89. The molecule has 0 heterocycles. The Hall–Kier alpha value is -6.72. The summed E-state index contributed by atoms with van der Waals surface area (Å²) >= 11 is 0. The van der Waals surface area contributed by atoms with E-state index >= 15 is 0 Å². The van der Waals surface area contributed by atoms with Gasteiger partial charge in [-0.2, -0.15) is 0 Å². The summed E-state index contributed by atoms with van der Waals surface area (Å²) in [5.41, 5.74) is 0.733. The molecule has 6 atom stereocenters. The number of carbonyl (C=O) groups is 8. The molecule has 2 aromatic carbocycles. The van der Waals surface area contributed by atoms with Crippen molar-refractivity contribution in [2.45, 2.75) is 78.2 Å². The molecular weight excluding hydrogens is 744 g/mol. The minimum Gasteiger partial charge on any atom is -0.493 e. The SMILES string of the molecule is COc1cc(/C=C/C(=O)O[C@@H]2[C@H](OC(C)=O)[C@@H](OC(C)=O)[C@H](OC(C)=O)[C@@H](OC(C)=O)[C@@H]2OC(=O)/C=C/c2ccc(OC(C)=O)c(OC)c2)ccc1OC(C)=O. The van der Waals surface area contributed by atoms with Gasteiger partial charge in [0, 0.05) is 53.7 Å². The summed E-state index contributed by atoms with van der Waals surface area (Å²) in [6.45, 7) is 6.36. The van der Waals surface area contributed by atoms with E-state index in [4.69, 9.17) is 47.4 Å². The molecular formula is C38H40O18. The lowest BCUT2D eigenvalue weighted by Gasteiger charge is -2.46. The monoisotopic (exact) mass is 784 g/mol. The number of methoxy groups -OCH3 is 2. The summed E-state index contributed by atoms with van der Waals surface area (Å²) in [5, 5.41) is 0. The van der Waals surface area contributed by atoms with E-state index in [-0.39, 0.29) is 23.0 Å². The molecule has 1 aliphatic carbocycles. The first-order valence-electron chi connectivity index (χ1n) is 16.6. The Labute approximate surface area is 320 Å². The fourth-order valence-corrected chi connectivity index (χ4v) is 5.42. The molecule has 0 amide bonds. The van der Waals surface area contributed by atoms with E-state index in [2.05, 4.69) is 0 Å². The van der Waals surface area contributed by atoms with Crippen molar-refractivity contribution in [3.8, 4) is 23.0 Å². The van der Waals surface area contributed by atoms with Crippen LogP contribution in [0.5, 0.6) is 23.0 Å². The Kier molecular flexibility index (Phi) is 15.7. The Bertz CT molecular complexity index is 1760. The zero-order chi connectivity index (χ0) is 41.7. The van der Waals surface area contributed by atoms with Gasteiger partial charge in [0.2, 0.25) is 0 Å². The van der Waals surface area contributed by atoms with Gasteiger partial charge in [-0.3, -0.25) is 28.8 Å². The molecule has 0 N–H and O–H groups in total. The maximum Gasteiger partial charge on any atom is 0.331 e. The highest BCUT2D eigenvalue weighted by Crippen LogP contribution is 2.35. The van der Waals surface area contributed by atoms with E-state index in [1.807, 2.05) is 0 Å². The maximum atomic E-state index is 13.4. The molecule has 0 saturated heterocycles. The number of ether oxygens (including phenoxy) is 10. The molecule has 0 bridgehead atoms. The molecule has 0 aromatic heterocycles. The summed E-state index contributed by atoms with van der Waals surface area (Å²) in [6.07, 6.45) is -6.46. The van der Waals surface area contributed by atoms with Crippen molar-refractivity contribution in [3.63, 3.8) is 0 Å². The fraction of sp³-hybridized carbons (Fsp3) is 0.368. The third-order valence-corrected chi connectivity index (χ3v) is 7.36. The first-order valence-corrected chi connectivity index (χ1v) is 16.6. The Morgan fingerprint density at radius 2 is 0.696 bits per heavy atom. The van der Waals surface area contributed by atoms with Crippen molar-refractivity contribution >= 4 is 59.9 Å². The third-order valence-electron chi connectivity index (χ3n) is 7.36. The van der Waals surface area contributed by atoms with Crippen molar-refractivity contribution in [2.75, 3.05) is 14.2 Å². The van der Waals surface area contributed by atoms with Gasteiger partial charge >= 0.3 is 47.8 Å². The van der Waals surface area contributed by atoms with Crippen LogP contribution in [-0.2, 0) is 66.8 Å². The van der Waals surface area contributed by atoms with Gasteiger partial charge in [-0.05, 0) is 47.5 Å². The van der Waals surface area contributed by atoms with Crippen LogP contribution in [0.3, 0.4) is 0 Å². The number of carbonyl (C=O) groups excluding carboxylic acids is 8. The molecule has 1 saturated carbocycles. The van der Waals surface area contributed by atoms with Gasteiger partial charge in [-0.1, -0.05) is 12.1 Å². The smallest absolute Gasteiger partial charge is 0.331 e. The van der Waals surface area contributed by atoms with Crippen LogP contribution in [0.2, 0.25) is 0 Å². The summed E-state index contributed by atoms with van der Waals surface area (Å²) in [6, 6.07) is 8.69. The Balaban J connectivity index is 2.11. The molecule has 300 valence electrons. The van der Waals surface area contributed by atoms with Crippen LogP contribution < -0.4 is 18.9 Å². The Morgan fingerprint density at radius 3 is 0.946 bits per heavy atom. The zero-order valence-corrected chi connectivity index (χ0v) is 31.6. The molecule has 18 heteroatoms. The molecule has 1 fully saturated rings. The lowest BCUT2D eigenvalue weighted by molar-refractivity contribution is -0.258. The van der Waals surface area contributed by atoms with Gasteiger partial charge in [-0.15, -0.1) is 0 Å². The van der Waals surface area contributed by atoms with Crippen LogP contribution in [0.4, 0.5) is 0 Å². The first kappa shape index (κ1) is 43.7. The molecule has 0 aliphatic heterocycles. The molecule has 18 nitrogen and oxygen atoms in total. The molecule has 3 rings (SSSR count). The number of rotatable bonds is 14. The van der Waals surface area contributed by atoms with Crippen LogP contribution >= 0.6 is 0 Å². The van der Waals surface area contributed by atoms with Gasteiger partial charge in [0.1, 0.15) is 0 Å². The van der Waals surface area contributed by atoms with E-state index in [1.54, 1.807) is 0 Å². The minimum absolute atomic E-state index is 0.110. The van der Waals surface area contributed by atoms with E-state index in [0.29, 0.717) is 11.1 Å². The summed E-state index contributed by atoms with van der Waals surface area (Å²) in [5.74, 6) is -6.80. The second-order valence-corrected chi connectivity index (χ2v) is 11.8. The normalized spacial score (nSPS) is 20.2. The molecule has 0 radical (unpaired) electrons. The van der Waals surface area contributed by atoms with Crippen molar-refractivity contribution in [1.82, 2.24) is 0 Å². The van der Waals surface area contributed by atoms with Gasteiger partial charge in [-0.25, -0.2) is 9.59 Å². The fourth-order valence-electron chi connectivity index (χ4n) is 5.42. The van der Waals surface area contributed by atoms with E-state index in [1.165, 1.54) is 76.6 Å². The predicted molar refractivity (Wildman–Crippen MR) is 189 cm³/mol. The quantitative estimate of drug-likeness (QED) is 0.116. The number of hydrogen-bond acceptors (Lipinski definition) is 18. The zero-order valence-electron chi connectivity index (χ0n) is 31.6. The van der Waals surface area contributed by atoms with Crippen LogP contribution in [-0.4, -0.2) is 98.6 Å². The Morgan fingerprint density at radius 1 is 0.411 bits per heavy atom. The van der Waals surface area contributed by atoms with Gasteiger partial charge < -0.3 is 47.4 Å². The summed E-state index contributed by atoms with van der Waals surface area (Å²) in [7, 11) is 2.67. The standard InChI is InChI=1S/C38H40O18/c1-19(39)49-27-13-9-25(17-29(27)47-7)11-15-31(45)55-37-35(53-23(5)43)33(51-21(3)41)34(52-22(4)42)36(54-24(6)44)38(37)56-32(46)16-12-26-10-14-28(50-20(2)40)30(18-26)48-8/h9-18,33-38H,1-8H3/b15-11+,16-12+/t33-,34-,35+,36+,37-,38+/m0/s1. The van der Waals surface area contributed by atoms with Crippen LogP contribution in [0.15, 0.2) is 48.6 Å². The average molecular weight is 785 g/mol. The third kappa shape index (κ3) is 12.7. The molecule has 2 aromatic rings. The second-order valence-electron chi connectivity index (χ2n) is 11.8.